The second kappa shape index (κ2) is 9.77. The molecule has 0 radical (unpaired) electrons. The number of carbonyl (C=O) groups excluding carboxylic acids is 1. The number of pyridine rings is 1. The van der Waals surface area contributed by atoms with Crippen LogP contribution in [0.3, 0.4) is 0 Å². The number of nitrogens with zero attached hydrogens (tertiary/aromatic N) is 2. The minimum Gasteiger partial charge on any atom is -0.530 e. The fourth-order valence-electron chi connectivity index (χ4n) is 1.40. The van der Waals surface area contributed by atoms with Crippen LogP contribution in [0.5, 0.6) is 5.75 Å². The highest BCUT2D eigenvalue weighted by atomic mass is 79.9. The summed E-state index contributed by atoms with van der Waals surface area (Å²) in [5, 5.41) is 18.8. The van der Waals surface area contributed by atoms with Gasteiger partial charge in [0.1, 0.15) is 6.09 Å². The number of aromatic hydroxyl groups is 1. The molecule has 0 aliphatic carbocycles. The van der Waals surface area contributed by atoms with Gasteiger partial charge >= 0.3 is 0 Å². The van der Waals surface area contributed by atoms with Crippen LogP contribution < -0.4 is 9.67 Å². The average Bonchev–Trinajstić information content (AvgIpc) is 2.40. The molecular weight excluding hydrogens is 336 g/mol. The third-order valence-corrected chi connectivity index (χ3v) is 2.42. The van der Waals surface area contributed by atoms with Crippen molar-refractivity contribution in [2.45, 2.75) is 6.54 Å². The molecule has 0 aliphatic heterocycles. The van der Waals surface area contributed by atoms with E-state index in [1.54, 1.807) is 12.3 Å². The van der Waals surface area contributed by atoms with Gasteiger partial charge in [-0.3, -0.25) is 0 Å². The Bertz CT molecular complexity index is 548. The molecule has 1 amide bonds. The molecule has 0 bridgehead atoms. The molecule has 2 rings (SSSR count). The zero-order valence-corrected chi connectivity index (χ0v) is 13.7. The van der Waals surface area contributed by atoms with E-state index in [2.05, 4.69) is 12.1 Å². The number of hydrogen-bond donors (Lipinski definition) is 1. The van der Waals surface area contributed by atoms with E-state index in [4.69, 9.17) is 0 Å². The molecule has 0 saturated heterocycles. The van der Waals surface area contributed by atoms with E-state index in [-0.39, 0.29) is 17.0 Å². The third kappa shape index (κ3) is 7.94. The Labute approximate surface area is 134 Å². The Morgan fingerprint density at radius 3 is 2.24 bits per heavy atom. The molecule has 0 fully saturated rings. The topological polar surface area (TPSA) is 67.5 Å². The van der Waals surface area contributed by atoms with E-state index in [1.165, 1.54) is 19.7 Å². The lowest BCUT2D eigenvalue weighted by Gasteiger charge is -2.10. The van der Waals surface area contributed by atoms with Gasteiger partial charge in [-0.1, -0.05) is 30.3 Å². The molecule has 0 saturated carbocycles. The van der Waals surface area contributed by atoms with Crippen molar-refractivity contribution >= 4 is 23.1 Å². The smallest absolute Gasteiger partial charge is 0.211 e. The lowest BCUT2D eigenvalue weighted by molar-refractivity contribution is -0.688. The second-order valence-electron chi connectivity index (χ2n) is 4.38. The van der Waals surface area contributed by atoms with E-state index >= 15 is 0 Å². The first kappa shape index (κ1) is 18.9. The number of carbonyl (C=O) groups is 1. The molecule has 0 unspecified atom stereocenters. The van der Waals surface area contributed by atoms with Crippen LogP contribution in [0.2, 0.25) is 0 Å². The van der Waals surface area contributed by atoms with Crippen LogP contribution in [-0.2, 0) is 6.54 Å². The summed E-state index contributed by atoms with van der Waals surface area (Å²) in [6, 6.07) is 13.7. The van der Waals surface area contributed by atoms with Crippen molar-refractivity contribution in [2.24, 2.45) is 0 Å². The molecule has 0 aliphatic rings. The van der Waals surface area contributed by atoms with Gasteiger partial charge in [0, 0.05) is 25.7 Å². The van der Waals surface area contributed by atoms with Crippen molar-refractivity contribution in [2.75, 3.05) is 14.1 Å². The van der Waals surface area contributed by atoms with E-state index in [1.807, 2.05) is 35.0 Å². The number of carboxylic acid groups (broad SMARTS) is 1. The van der Waals surface area contributed by atoms with Crippen molar-refractivity contribution in [3.05, 3.63) is 60.4 Å². The summed E-state index contributed by atoms with van der Waals surface area (Å²) in [5.74, 6) is 0.295. The molecule has 1 aromatic heterocycles. The molecule has 21 heavy (non-hydrogen) atoms. The van der Waals surface area contributed by atoms with Crippen LogP contribution in [0.4, 0.5) is 4.79 Å². The van der Waals surface area contributed by atoms with Gasteiger partial charge in [0.25, 0.3) is 0 Å². The van der Waals surface area contributed by atoms with Crippen LogP contribution in [0.15, 0.2) is 54.9 Å². The van der Waals surface area contributed by atoms with E-state index in [0.29, 0.717) is 5.75 Å². The summed E-state index contributed by atoms with van der Waals surface area (Å²) in [4.78, 5) is 10.5. The standard InChI is InChI=1S/C12H11NO.C3H7NO2.BrH/c14-12-7-4-8-13(10-12)9-11-5-2-1-3-6-11;1-4(2)3(5)6;/h1-8,10H,9H2;1-2H3,(H,5,6);1H. The molecule has 5 nitrogen and oxygen atoms in total. The van der Waals surface area contributed by atoms with Gasteiger partial charge in [-0.15, -0.1) is 17.0 Å². The highest BCUT2D eigenvalue weighted by Gasteiger charge is 2.02. The highest BCUT2D eigenvalue weighted by molar-refractivity contribution is 8.93. The van der Waals surface area contributed by atoms with Crippen molar-refractivity contribution in [3.63, 3.8) is 0 Å². The Kier molecular flexibility index (Phi) is 8.80. The van der Waals surface area contributed by atoms with Gasteiger partial charge in [0.15, 0.2) is 18.5 Å². The van der Waals surface area contributed by atoms with Gasteiger partial charge in [0.05, 0.1) is 0 Å². The molecular formula is C15H19BrN2O3. The lowest BCUT2D eigenvalue weighted by atomic mass is 10.2. The number of rotatable bonds is 2. The molecule has 1 N–H and O–H groups in total. The summed E-state index contributed by atoms with van der Waals surface area (Å²) in [7, 11) is 2.82. The fourth-order valence-corrected chi connectivity index (χ4v) is 1.40. The quantitative estimate of drug-likeness (QED) is 0.824. The maximum Gasteiger partial charge on any atom is 0.211 e. The van der Waals surface area contributed by atoms with Crippen LogP contribution in [0.1, 0.15) is 5.56 Å². The van der Waals surface area contributed by atoms with Crippen molar-refractivity contribution < 1.29 is 19.6 Å². The van der Waals surface area contributed by atoms with Gasteiger partial charge in [-0.05, 0) is 6.07 Å². The fraction of sp³-hybridized carbons (Fsp3) is 0.200. The third-order valence-electron chi connectivity index (χ3n) is 2.42. The summed E-state index contributed by atoms with van der Waals surface area (Å²) in [6.07, 6.45) is 2.50. The second-order valence-corrected chi connectivity index (χ2v) is 4.38. The maximum atomic E-state index is 9.51. The monoisotopic (exact) mass is 354 g/mol. The summed E-state index contributed by atoms with van der Waals surface area (Å²) < 4.78 is 1.95. The predicted octanol–water partition coefficient (Wildman–Crippen LogP) is 1.20. The Hall–Kier alpha value is -2.08. The van der Waals surface area contributed by atoms with Crippen LogP contribution in [0.25, 0.3) is 0 Å². The van der Waals surface area contributed by atoms with Crippen molar-refractivity contribution in [1.82, 2.24) is 4.90 Å². The molecule has 0 atom stereocenters. The van der Waals surface area contributed by atoms with Gasteiger partial charge in [-0.25, -0.2) is 0 Å². The first-order valence-electron chi connectivity index (χ1n) is 6.09. The first-order chi connectivity index (χ1) is 9.49. The maximum absolute atomic E-state index is 9.51. The van der Waals surface area contributed by atoms with E-state index < -0.39 is 6.09 Å². The minimum atomic E-state index is -1.16. The Balaban J connectivity index is 0.000000495. The number of halogens is 1. The van der Waals surface area contributed by atoms with Crippen LogP contribution in [0, 0.1) is 0 Å². The zero-order chi connectivity index (χ0) is 15.0. The molecule has 1 heterocycles. The molecule has 114 valence electrons. The summed E-state index contributed by atoms with van der Waals surface area (Å²) in [5.41, 5.74) is 1.23. The SMILES string of the molecule is Br.CN(C)C(=O)[O-].Oc1ccc[n+](Cc2ccccc2)c1. The number of benzene rings is 1. The van der Waals surface area contributed by atoms with Gasteiger partial charge < -0.3 is 19.9 Å². The summed E-state index contributed by atoms with van der Waals surface area (Å²) >= 11 is 0. The van der Waals surface area contributed by atoms with Crippen LogP contribution in [-0.4, -0.2) is 30.2 Å². The van der Waals surface area contributed by atoms with E-state index in [9.17, 15) is 15.0 Å². The van der Waals surface area contributed by atoms with Crippen LogP contribution >= 0.6 is 17.0 Å². The Morgan fingerprint density at radius 1 is 1.19 bits per heavy atom. The molecule has 2 aromatic rings. The Morgan fingerprint density at radius 2 is 1.76 bits per heavy atom. The van der Waals surface area contributed by atoms with Crippen molar-refractivity contribution in [3.8, 4) is 5.75 Å². The minimum absolute atomic E-state index is 0. The van der Waals surface area contributed by atoms with Gasteiger partial charge in [-0.2, -0.15) is 4.57 Å². The number of aromatic nitrogens is 1. The largest absolute Gasteiger partial charge is 0.530 e. The molecule has 6 heteroatoms. The zero-order valence-electron chi connectivity index (χ0n) is 12.0. The molecule has 0 spiro atoms. The van der Waals surface area contributed by atoms with E-state index in [0.717, 1.165) is 11.4 Å². The highest BCUT2D eigenvalue weighted by Crippen LogP contribution is 2.02. The number of amides is 1. The lowest BCUT2D eigenvalue weighted by Crippen LogP contribution is -2.35. The molecule has 1 aromatic carbocycles. The predicted molar refractivity (Wildman–Crippen MR) is 83.3 cm³/mol. The summed E-state index contributed by atoms with van der Waals surface area (Å²) in [6.45, 7) is 0.787. The average molecular weight is 355 g/mol. The normalized spacial score (nSPS) is 8.86. The first-order valence-corrected chi connectivity index (χ1v) is 6.09. The number of hydrogen-bond acceptors (Lipinski definition) is 3. The van der Waals surface area contributed by atoms with Gasteiger partial charge in [0.2, 0.25) is 6.20 Å². The van der Waals surface area contributed by atoms with Crippen molar-refractivity contribution in [1.29, 1.82) is 0 Å².